The van der Waals surface area contributed by atoms with Crippen molar-refractivity contribution in [3.8, 4) is 0 Å². The summed E-state index contributed by atoms with van der Waals surface area (Å²) in [6.45, 7) is 5.78. The fourth-order valence-electron chi connectivity index (χ4n) is 2.67. The highest BCUT2D eigenvalue weighted by Crippen LogP contribution is 2.36. The van der Waals surface area contributed by atoms with Gasteiger partial charge in [0, 0.05) is 6.54 Å². The second-order valence-corrected chi connectivity index (χ2v) is 4.72. The van der Waals surface area contributed by atoms with Crippen LogP contribution in [0.2, 0.25) is 0 Å². The molecule has 0 aliphatic carbocycles. The third-order valence-corrected chi connectivity index (χ3v) is 3.71. The summed E-state index contributed by atoms with van der Waals surface area (Å²) < 4.78 is 13.1. The van der Waals surface area contributed by atoms with Gasteiger partial charge in [0.15, 0.2) is 5.96 Å². The summed E-state index contributed by atoms with van der Waals surface area (Å²) in [6.07, 6.45) is 1.92. The van der Waals surface area contributed by atoms with Crippen LogP contribution in [0.1, 0.15) is 32.3 Å². The first-order chi connectivity index (χ1) is 8.64. The number of benzene rings is 1. The third-order valence-electron chi connectivity index (χ3n) is 3.71. The van der Waals surface area contributed by atoms with Crippen molar-refractivity contribution in [3.63, 3.8) is 0 Å². The average molecular weight is 249 g/mol. The molecule has 0 spiro atoms. The topological polar surface area (TPSA) is 41.6 Å². The molecule has 3 nitrogen and oxygen atoms in total. The highest BCUT2D eigenvalue weighted by atomic mass is 19.1. The lowest BCUT2D eigenvalue weighted by atomic mass is 9.86. The molecule has 4 heteroatoms. The van der Waals surface area contributed by atoms with Gasteiger partial charge in [-0.05, 0) is 30.5 Å². The predicted molar refractivity (Wildman–Crippen MR) is 71.9 cm³/mol. The van der Waals surface area contributed by atoms with Gasteiger partial charge in [-0.3, -0.25) is 4.99 Å². The van der Waals surface area contributed by atoms with Crippen LogP contribution in [-0.2, 0) is 5.54 Å². The van der Waals surface area contributed by atoms with Crippen LogP contribution in [-0.4, -0.2) is 23.9 Å². The van der Waals surface area contributed by atoms with E-state index in [1.165, 1.54) is 12.1 Å². The molecule has 98 valence electrons. The van der Waals surface area contributed by atoms with E-state index >= 15 is 0 Å². The van der Waals surface area contributed by atoms with Crippen LogP contribution in [0.4, 0.5) is 4.39 Å². The molecule has 1 aliphatic heterocycles. The number of hydrogen-bond donors (Lipinski definition) is 1. The molecule has 2 rings (SSSR count). The summed E-state index contributed by atoms with van der Waals surface area (Å²) in [6, 6.07) is 6.70. The first-order valence-electron chi connectivity index (χ1n) is 6.47. The lowest BCUT2D eigenvalue weighted by Crippen LogP contribution is -2.49. The molecule has 0 radical (unpaired) electrons. The van der Waals surface area contributed by atoms with E-state index in [9.17, 15) is 4.39 Å². The Morgan fingerprint density at radius 2 is 2.00 bits per heavy atom. The molecule has 2 N–H and O–H groups in total. The van der Waals surface area contributed by atoms with Crippen molar-refractivity contribution in [1.29, 1.82) is 0 Å². The van der Waals surface area contributed by atoms with E-state index < -0.39 is 0 Å². The van der Waals surface area contributed by atoms with E-state index in [1.807, 2.05) is 12.1 Å². The quantitative estimate of drug-likeness (QED) is 0.890. The molecule has 1 aliphatic rings. The number of guanidine groups is 1. The highest BCUT2D eigenvalue weighted by molar-refractivity contribution is 5.81. The van der Waals surface area contributed by atoms with Gasteiger partial charge >= 0.3 is 0 Å². The zero-order chi connectivity index (χ0) is 13.2. The van der Waals surface area contributed by atoms with Crippen LogP contribution >= 0.6 is 0 Å². The summed E-state index contributed by atoms with van der Waals surface area (Å²) in [7, 11) is 0. The lowest BCUT2D eigenvalue weighted by molar-refractivity contribution is 0.194. The second kappa shape index (κ2) is 4.96. The number of aliphatic imine (C=N–C) groups is 1. The standard InChI is InChI=1S/C14H20FN3/c1-3-9-18-13(16)17-10-14(18,4-2)11-5-7-12(15)8-6-11/h5-8H,3-4,9-10H2,1-2H3,(H2,16,17). The smallest absolute Gasteiger partial charge is 0.192 e. The van der Waals surface area contributed by atoms with Gasteiger partial charge in [0.25, 0.3) is 0 Å². The summed E-state index contributed by atoms with van der Waals surface area (Å²) >= 11 is 0. The Labute approximate surface area is 108 Å². The van der Waals surface area contributed by atoms with Gasteiger partial charge in [-0.2, -0.15) is 0 Å². The van der Waals surface area contributed by atoms with E-state index in [2.05, 4.69) is 23.7 Å². The fourth-order valence-corrected chi connectivity index (χ4v) is 2.67. The average Bonchev–Trinajstić information content (AvgIpc) is 2.70. The van der Waals surface area contributed by atoms with Crippen LogP contribution in [0, 0.1) is 5.82 Å². The number of nitrogens with zero attached hydrogens (tertiary/aromatic N) is 2. The largest absolute Gasteiger partial charge is 0.370 e. The van der Waals surface area contributed by atoms with Crippen LogP contribution in [0.25, 0.3) is 0 Å². The van der Waals surface area contributed by atoms with Crippen molar-refractivity contribution < 1.29 is 4.39 Å². The summed E-state index contributed by atoms with van der Waals surface area (Å²) in [5.74, 6) is 0.391. The first-order valence-corrected chi connectivity index (χ1v) is 6.47. The van der Waals surface area contributed by atoms with Gasteiger partial charge in [0.1, 0.15) is 5.82 Å². The molecular weight excluding hydrogens is 229 g/mol. The number of nitrogens with two attached hydrogens (primary N) is 1. The Kier molecular flexibility index (Phi) is 3.55. The van der Waals surface area contributed by atoms with Crippen molar-refractivity contribution in [1.82, 2.24) is 4.90 Å². The molecule has 0 bridgehead atoms. The minimum atomic E-state index is -0.209. The van der Waals surface area contributed by atoms with Gasteiger partial charge in [-0.25, -0.2) is 4.39 Å². The monoisotopic (exact) mass is 249 g/mol. The summed E-state index contributed by atoms with van der Waals surface area (Å²) in [5.41, 5.74) is 6.87. The Morgan fingerprint density at radius 1 is 1.33 bits per heavy atom. The van der Waals surface area contributed by atoms with Gasteiger partial charge in [-0.15, -0.1) is 0 Å². The molecule has 0 amide bonds. The number of halogens is 1. The van der Waals surface area contributed by atoms with Gasteiger partial charge < -0.3 is 10.6 Å². The number of hydrogen-bond acceptors (Lipinski definition) is 3. The molecule has 0 fully saturated rings. The fraction of sp³-hybridized carbons (Fsp3) is 0.500. The molecular formula is C14H20FN3. The SMILES string of the molecule is CCCN1C(N)=NCC1(CC)c1ccc(F)cc1. The van der Waals surface area contributed by atoms with E-state index in [4.69, 9.17) is 5.73 Å². The Bertz CT molecular complexity index is 441. The maximum absolute atomic E-state index is 13.1. The molecule has 0 saturated heterocycles. The lowest BCUT2D eigenvalue weighted by Gasteiger charge is -2.39. The molecule has 1 aromatic carbocycles. The molecule has 0 saturated carbocycles. The van der Waals surface area contributed by atoms with Crippen LogP contribution in [0.5, 0.6) is 0 Å². The van der Waals surface area contributed by atoms with Crippen LogP contribution < -0.4 is 5.73 Å². The highest BCUT2D eigenvalue weighted by Gasteiger charge is 2.41. The molecule has 1 atom stereocenters. The zero-order valence-corrected chi connectivity index (χ0v) is 11.0. The predicted octanol–water partition coefficient (Wildman–Crippen LogP) is 2.47. The van der Waals surface area contributed by atoms with Crippen LogP contribution in [0.15, 0.2) is 29.3 Å². The minimum absolute atomic E-state index is 0.201. The molecule has 1 aromatic rings. The summed E-state index contributed by atoms with van der Waals surface area (Å²) in [4.78, 5) is 6.54. The minimum Gasteiger partial charge on any atom is -0.370 e. The van der Waals surface area contributed by atoms with Gasteiger partial charge in [-0.1, -0.05) is 26.0 Å². The Balaban J connectivity index is 2.39. The maximum atomic E-state index is 13.1. The zero-order valence-electron chi connectivity index (χ0n) is 11.0. The van der Waals surface area contributed by atoms with Gasteiger partial charge in [0.2, 0.25) is 0 Å². The van der Waals surface area contributed by atoms with Crippen molar-refractivity contribution in [3.05, 3.63) is 35.6 Å². The Hall–Kier alpha value is -1.58. The van der Waals surface area contributed by atoms with E-state index in [-0.39, 0.29) is 11.4 Å². The van der Waals surface area contributed by atoms with E-state index in [0.29, 0.717) is 12.5 Å². The Morgan fingerprint density at radius 3 is 2.56 bits per heavy atom. The maximum Gasteiger partial charge on any atom is 0.192 e. The second-order valence-electron chi connectivity index (χ2n) is 4.72. The van der Waals surface area contributed by atoms with Crippen LogP contribution in [0.3, 0.4) is 0 Å². The molecule has 18 heavy (non-hydrogen) atoms. The third kappa shape index (κ3) is 1.96. The van der Waals surface area contributed by atoms with Crippen molar-refractivity contribution in [2.45, 2.75) is 32.2 Å². The van der Waals surface area contributed by atoms with Crippen molar-refractivity contribution in [2.75, 3.05) is 13.1 Å². The van der Waals surface area contributed by atoms with Crippen molar-refractivity contribution in [2.24, 2.45) is 10.7 Å². The molecule has 1 heterocycles. The number of rotatable bonds is 4. The normalized spacial score (nSPS) is 23.3. The first kappa shape index (κ1) is 12.9. The summed E-state index contributed by atoms with van der Waals surface area (Å²) in [5, 5.41) is 0. The van der Waals surface area contributed by atoms with E-state index in [0.717, 1.165) is 24.9 Å². The molecule has 0 aromatic heterocycles. The van der Waals surface area contributed by atoms with E-state index in [1.54, 1.807) is 0 Å². The molecule has 1 unspecified atom stereocenters. The van der Waals surface area contributed by atoms with Crippen molar-refractivity contribution >= 4 is 5.96 Å². The van der Waals surface area contributed by atoms with Gasteiger partial charge in [0.05, 0.1) is 12.1 Å².